The quantitative estimate of drug-likeness (QED) is 0.514. The van der Waals surface area contributed by atoms with Crippen LogP contribution in [0.15, 0.2) is 42.0 Å². The van der Waals surface area contributed by atoms with Gasteiger partial charge >= 0.3 is 0 Å². The van der Waals surface area contributed by atoms with Gasteiger partial charge in [0.1, 0.15) is 10.3 Å². The lowest BCUT2D eigenvalue weighted by Gasteiger charge is -2.09. The van der Waals surface area contributed by atoms with Crippen LogP contribution >= 0.6 is 22.7 Å². The van der Waals surface area contributed by atoms with Crippen LogP contribution in [-0.4, -0.2) is 22.6 Å². The van der Waals surface area contributed by atoms with E-state index in [-0.39, 0.29) is 5.82 Å². The monoisotopic (exact) mass is 382 g/mol. The normalized spacial score (nSPS) is 17.2. The summed E-state index contributed by atoms with van der Waals surface area (Å²) in [6.07, 6.45) is 3.98. The van der Waals surface area contributed by atoms with Crippen molar-refractivity contribution >= 4 is 60.1 Å². The molecule has 4 heterocycles. The maximum absolute atomic E-state index is 14.7. The fourth-order valence-corrected chi connectivity index (χ4v) is 5.10. The number of nitrogens with one attached hydrogen (secondary N) is 2. The van der Waals surface area contributed by atoms with E-state index in [9.17, 15) is 4.39 Å². The van der Waals surface area contributed by atoms with Crippen LogP contribution in [0.1, 0.15) is 11.8 Å². The van der Waals surface area contributed by atoms with Gasteiger partial charge in [-0.2, -0.15) is 0 Å². The molecule has 4 aromatic rings. The van der Waals surface area contributed by atoms with Crippen LogP contribution in [-0.2, 0) is 0 Å². The van der Waals surface area contributed by atoms with Crippen molar-refractivity contribution in [3.05, 3.63) is 52.7 Å². The van der Waals surface area contributed by atoms with Crippen LogP contribution in [0.4, 0.5) is 15.8 Å². The Morgan fingerprint density at radius 2 is 2.15 bits per heavy atom. The number of anilines is 2. The van der Waals surface area contributed by atoms with E-state index in [1.54, 1.807) is 29.1 Å². The number of halogens is 1. The zero-order valence-corrected chi connectivity index (χ0v) is 15.5. The van der Waals surface area contributed by atoms with E-state index in [4.69, 9.17) is 0 Å². The highest BCUT2D eigenvalue weighted by Crippen LogP contribution is 2.37. The van der Waals surface area contributed by atoms with Crippen LogP contribution in [0.3, 0.4) is 0 Å². The Bertz CT molecular complexity index is 1160. The molecule has 0 saturated carbocycles. The lowest BCUT2D eigenvalue weighted by atomic mass is 10.1. The smallest absolute Gasteiger partial charge is 0.173 e. The van der Waals surface area contributed by atoms with Gasteiger partial charge in [0.2, 0.25) is 0 Å². The summed E-state index contributed by atoms with van der Waals surface area (Å²) >= 11 is 3.10. The third-order valence-electron chi connectivity index (χ3n) is 4.64. The highest BCUT2D eigenvalue weighted by molar-refractivity contribution is 7.19. The standard InChI is InChI=1S/C19H15FN4S2/c1-10-11(4-6-21-10)16-8-12-13(5-7-22-19(12)26-16)24-14-2-3-15-18(17(14)20)23-9-25-15/h2-5,7-10,21H,6H2,1H3,(H,22,24). The zero-order valence-electron chi connectivity index (χ0n) is 13.9. The summed E-state index contributed by atoms with van der Waals surface area (Å²) < 4.78 is 15.6. The molecule has 26 heavy (non-hydrogen) atoms. The van der Waals surface area contributed by atoms with Crippen molar-refractivity contribution in [2.45, 2.75) is 13.0 Å². The van der Waals surface area contributed by atoms with Crippen LogP contribution in [0.2, 0.25) is 0 Å². The van der Waals surface area contributed by atoms with Crippen LogP contribution in [0.25, 0.3) is 26.0 Å². The molecule has 0 amide bonds. The van der Waals surface area contributed by atoms with Gasteiger partial charge in [-0.05, 0) is 36.8 Å². The molecular formula is C19H15FN4S2. The summed E-state index contributed by atoms with van der Waals surface area (Å²) in [7, 11) is 0. The van der Waals surface area contributed by atoms with E-state index in [0.717, 1.165) is 27.1 Å². The predicted octanol–water partition coefficient (Wildman–Crippen LogP) is 5.16. The molecule has 2 N–H and O–H groups in total. The molecule has 1 atom stereocenters. The second-order valence-electron chi connectivity index (χ2n) is 6.23. The highest BCUT2D eigenvalue weighted by atomic mass is 32.1. The molecular weight excluding hydrogens is 367 g/mol. The number of benzene rings is 1. The fourth-order valence-electron chi connectivity index (χ4n) is 3.28. The van der Waals surface area contributed by atoms with E-state index in [2.05, 4.69) is 39.7 Å². The molecule has 7 heteroatoms. The van der Waals surface area contributed by atoms with Gasteiger partial charge in [-0.1, -0.05) is 6.08 Å². The van der Waals surface area contributed by atoms with Gasteiger partial charge < -0.3 is 10.6 Å². The maximum atomic E-state index is 14.7. The largest absolute Gasteiger partial charge is 0.352 e. The molecule has 0 bridgehead atoms. The molecule has 0 spiro atoms. The van der Waals surface area contributed by atoms with Crippen molar-refractivity contribution in [2.75, 3.05) is 11.9 Å². The summed E-state index contributed by atoms with van der Waals surface area (Å²) in [6, 6.07) is 8.02. The van der Waals surface area contributed by atoms with Crippen LogP contribution in [0, 0.1) is 5.82 Å². The Labute approximate surface area is 157 Å². The van der Waals surface area contributed by atoms with E-state index in [1.807, 2.05) is 12.1 Å². The van der Waals surface area contributed by atoms with E-state index >= 15 is 0 Å². The van der Waals surface area contributed by atoms with Gasteiger partial charge in [-0.15, -0.1) is 22.7 Å². The number of hydrogen-bond donors (Lipinski definition) is 2. The molecule has 1 aliphatic rings. The predicted molar refractivity (Wildman–Crippen MR) is 108 cm³/mol. The first-order valence-corrected chi connectivity index (χ1v) is 10.0. The summed E-state index contributed by atoms with van der Waals surface area (Å²) in [5.41, 5.74) is 4.66. The number of hydrogen-bond acceptors (Lipinski definition) is 6. The third-order valence-corrected chi connectivity index (χ3v) is 6.53. The second-order valence-corrected chi connectivity index (χ2v) is 8.15. The molecule has 1 aliphatic heterocycles. The van der Waals surface area contributed by atoms with Crippen molar-refractivity contribution in [3.8, 4) is 0 Å². The number of thiophene rings is 1. The number of rotatable bonds is 3. The minimum Gasteiger partial charge on any atom is -0.352 e. The van der Waals surface area contributed by atoms with Crippen LogP contribution < -0.4 is 10.6 Å². The molecule has 0 fully saturated rings. The van der Waals surface area contributed by atoms with Gasteiger partial charge in [0.25, 0.3) is 0 Å². The van der Waals surface area contributed by atoms with Crippen molar-refractivity contribution in [1.82, 2.24) is 15.3 Å². The number of fused-ring (bicyclic) bond motifs is 2. The van der Waals surface area contributed by atoms with Crippen molar-refractivity contribution in [3.63, 3.8) is 0 Å². The Morgan fingerprint density at radius 1 is 1.23 bits per heavy atom. The van der Waals surface area contributed by atoms with Gasteiger partial charge in [-0.25, -0.2) is 14.4 Å². The molecule has 0 radical (unpaired) electrons. The minimum absolute atomic E-state index is 0.319. The first-order chi connectivity index (χ1) is 12.7. The Balaban J connectivity index is 1.58. The highest BCUT2D eigenvalue weighted by Gasteiger charge is 2.19. The molecule has 4 nitrogen and oxygen atoms in total. The average Bonchev–Trinajstić information content (AvgIpc) is 3.36. The van der Waals surface area contributed by atoms with Crippen molar-refractivity contribution in [1.29, 1.82) is 0 Å². The van der Waals surface area contributed by atoms with E-state index in [0.29, 0.717) is 17.2 Å². The first kappa shape index (κ1) is 15.9. The van der Waals surface area contributed by atoms with Gasteiger partial charge in [0.15, 0.2) is 5.82 Å². The summed E-state index contributed by atoms with van der Waals surface area (Å²) in [4.78, 5) is 10.8. The van der Waals surface area contributed by atoms with Gasteiger partial charge in [0, 0.05) is 29.0 Å². The third kappa shape index (κ3) is 2.51. The summed E-state index contributed by atoms with van der Waals surface area (Å²) in [6.45, 7) is 3.05. The van der Waals surface area contributed by atoms with Gasteiger partial charge in [0.05, 0.1) is 21.6 Å². The first-order valence-electron chi connectivity index (χ1n) is 8.32. The molecule has 3 aromatic heterocycles. The Morgan fingerprint density at radius 3 is 3.00 bits per heavy atom. The maximum Gasteiger partial charge on any atom is 0.173 e. The Kier molecular flexibility index (Phi) is 3.74. The molecule has 1 aromatic carbocycles. The fraction of sp³-hybridized carbons (Fsp3) is 0.158. The zero-order chi connectivity index (χ0) is 17.7. The number of thiazole rings is 1. The number of aromatic nitrogens is 2. The van der Waals surface area contributed by atoms with Crippen molar-refractivity contribution < 1.29 is 4.39 Å². The van der Waals surface area contributed by atoms with Crippen molar-refractivity contribution in [2.24, 2.45) is 0 Å². The van der Waals surface area contributed by atoms with Crippen LogP contribution in [0.5, 0.6) is 0 Å². The SMILES string of the molecule is CC1NCC=C1c1cc2c(Nc3ccc4scnc4c3F)ccnc2s1. The number of pyridine rings is 1. The van der Waals surface area contributed by atoms with E-state index in [1.165, 1.54) is 21.8 Å². The summed E-state index contributed by atoms with van der Waals surface area (Å²) in [5, 5.41) is 7.65. The van der Waals surface area contributed by atoms with Gasteiger partial charge in [-0.3, -0.25) is 0 Å². The molecule has 1 unspecified atom stereocenters. The topological polar surface area (TPSA) is 49.8 Å². The molecule has 130 valence electrons. The number of nitrogens with zero attached hydrogens (tertiary/aromatic N) is 2. The lowest BCUT2D eigenvalue weighted by Crippen LogP contribution is -2.19. The average molecular weight is 382 g/mol. The van der Waals surface area contributed by atoms with E-state index < -0.39 is 0 Å². The molecule has 0 aliphatic carbocycles. The molecule has 0 saturated heterocycles. The minimum atomic E-state index is -0.319. The molecule has 5 rings (SSSR count). The summed E-state index contributed by atoms with van der Waals surface area (Å²) in [5.74, 6) is -0.319. The Hall–Kier alpha value is -2.35. The second kappa shape index (κ2) is 6.12. The lowest BCUT2D eigenvalue weighted by molar-refractivity contribution is 0.641.